The molecule has 2 aliphatic heterocycles. The molecule has 1 aliphatic carbocycles. The number of carbonyl (C=O) groups excluding carboxylic acids is 2. The highest BCUT2D eigenvalue weighted by Crippen LogP contribution is 2.50. The molecule has 1 N–H and O–H groups in total. The van der Waals surface area contributed by atoms with E-state index in [-0.39, 0.29) is 35.1 Å². The van der Waals surface area contributed by atoms with Gasteiger partial charge in [-0.2, -0.15) is 0 Å². The van der Waals surface area contributed by atoms with Crippen molar-refractivity contribution in [3.8, 4) is 5.75 Å². The molecule has 2 unspecified atom stereocenters. The molecule has 1 spiro atoms. The van der Waals surface area contributed by atoms with Crippen LogP contribution in [0.1, 0.15) is 51.2 Å². The Morgan fingerprint density at radius 3 is 2.55 bits per heavy atom. The highest BCUT2D eigenvalue weighted by atomic mass is 19.1. The van der Waals surface area contributed by atoms with Gasteiger partial charge in [-0.05, 0) is 30.7 Å². The van der Waals surface area contributed by atoms with Crippen molar-refractivity contribution in [2.24, 2.45) is 5.92 Å². The lowest BCUT2D eigenvalue weighted by molar-refractivity contribution is 0.0394. The summed E-state index contributed by atoms with van der Waals surface area (Å²) in [7, 11) is 0. The van der Waals surface area contributed by atoms with E-state index in [1.807, 2.05) is 35.2 Å². The topological polar surface area (TPSA) is 80.6 Å². The first-order valence-electron chi connectivity index (χ1n) is 12.4. The van der Waals surface area contributed by atoms with Crippen LogP contribution in [-0.4, -0.2) is 33.4 Å². The second-order valence-electron chi connectivity index (χ2n) is 10.2. The quantitative estimate of drug-likeness (QED) is 0.534. The summed E-state index contributed by atoms with van der Waals surface area (Å²) < 4.78 is 48.9. The minimum Gasteiger partial charge on any atom is -0.483 e. The number of amides is 2. The first kappa shape index (κ1) is 24.3. The second kappa shape index (κ2) is 9.04. The van der Waals surface area contributed by atoms with Gasteiger partial charge >= 0.3 is 0 Å². The zero-order chi connectivity index (χ0) is 26.6. The predicted octanol–water partition coefficient (Wildman–Crippen LogP) is 3.78. The smallest absolute Gasteiger partial charge is 0.275 e. The molecule has 7 nitrogen and oxygen atoms in total. The molecule has 2 aromatic carbocycles. The summed E-state index contributed by atoms with van der Waals surface area (Å²) in [5, 5.41) is 2.35. The summed E-state index contributed by atoms with van der Waals surface area (Å²) in [6, 6.07) is 10.1. The SMILES string of the molecule is O=C(NCc1c(F)cc(F)cc1F)c1cn2c(c(OCc3ccccc3)c1=O)C(=O)N1CC3CCC1(C3)C2. The normalized spacial score (nSPS) is 21.3. The first-order chi connectivity index (χ1) is 18.3. The largest absolute Gasteiger partial charge is 0.483 e. The molecule has 0 radical (unpaired) electrons. The third-order valence-corrected chi connectivity index (χ3v) is 7.85. The van der Waals surface area contributed by atoms with Crippen LogP contribution in [0.2, 0.25) is 0 Å². The first-order valence-corrected chi connectivity index (χ1v) is 12.4. The monoisotopic (exact) mass is 523 g/mol. The number of nitrogens with one attached hydrogen (secondary N) is 1. The van der Waals surface area contributed by atoms with E-state index in [0.29, 0.717) is 31.1 Å². The molecule has 2 bridgehead atoms. The Morgan fingerprint density at radius 2 is 1.84 bits per heavy atom. The molecule has 1 aromatic heterocycles. The number of hydrogen-bond acceptors (Lipinski definition) is 4. The van der Waals surface area contributed by atoms with Crippen LogP contribution in [-0.2, 0) is 19.7 Å². The number of hydrogen-bond donors (Lipinski definition) is 1. The molecule has 3 heterocycles. The van der Waals surface area contributed by atoms with Gasteiger partial charge < -0.3 is 19.5 Å². The summed E-state index contributed by atoms with van der Waals surface area (Å²) in [6.07, 6.45) is 4.03. The molecule has 2 atom stereocenters. The molecule has 38 heavy (non-hydrogen) atoms. The van der Waals surface area contributed by atoms with Gasteiger partial charge in [0.2, 0.25) is 5.43 Å². The van der Waals surface area contributed by atoms with E-state index in [0.717, 1.165) is 24.8 Å². The Bertz CT molecular complexity index is 1500. The number of ether oxygens (including phenoxy) is 1. The average molecular weight is 524 g/mol. The van der Waals surface area contributed by atoms with Crippen molar-refractivity contribution in [2.75, 3.05) is 6.54 Å². The van der Waals surface area contributed by atoms with Crippen molar-refractivity contribution >= 4 is 11.8 Å². The lowest BCUT2D eigenvalue weighted by atomic mass is 9.93. The zero-order valence-electron chi connectivity index (χ0n) is 20.3. The van der Waals surface area contributed by atoms with Crippen LogP contribution in [0.5, 0.6) is 5.75 Å². The molecule has 1 saturated carbocycles. The number of benzene rings is 2. The molecule has 2 fully saturated rings. The van der Waals surface area contributed by atoms with Gasteiger partial charge in [0.25, 0.3) is 11.8 Å². The summed E-state index contributed by atoms with van der Waals surface area (Å²) in [4.78, 5) is 42.1. The summed E-state index contributed by atoms with van der Waals surface area (Å²) in [6.45, 7) is 0.438. The minimum atomic E-state index is -1.15. The van der Waals surface area contributed by atoms with Crippen molar-refractivity contribution in [2.45, 2.75) is 44.5 Å². The number of nitrogens with zero attached hydrogens (tertiary/aromatic N) is 2. The molecule has 6 rings (SSSR count). The van der Waals surface area contributed by atoms with Crippen molar-refractivity contribution in [1.82, 2.24) is 14.8 Å². The maximum atomic E-state index is 14.1. The van der Waals surface area contributed by atoms with Gasteiger partial charge in [-0.1, -0.05) is 30.3 Å². The fourth-order valence-electron chi connectivity index (χ4n) is 6.05. The highest BCUT2D eigenvalue weighted by molar-refractivity contribution is 5.99. The lowest BCUT2D eigenvalue weighted by Gasteiger charge is -2.44. The number of piperidine rings is 1. The van der Waals surface area contributed by atoms with Crippen LogP contribution in [0.25, 0.3) is 0 Å². The van der Waals surface area contributed by atoms with Crippen LogP contribution < -0.4 is 15.5 Å². The van der Waals surface area contributed by atoms with E-state index in [1.165, 1.54) is 6.20 Å². The number of halogens is 3. The molecule has 3 aliphatic rings. The predicted molar refractivity (Wildman–Crippen MR) is 130 cm³/mol. The molecular formula is C28H24F3N3O4. The van der Waals surface area contributed by atoms with Gasteiger partial charge in [0, 0.05) is 43.5 Å². The number of fused-ring (bicyclic) bond motifs is 2. The van der Waals surface area contributed by atoms with E-state index in [1.54, 1.807) is 4.57 Å². The third-order valence-electron chi connectivity index (χ3n) is 7.85. The molecule has 3 aromatic rings. The van der Waals surface area contributed by atoms with Crippen LogP contribution in [0, 0.1) is 23.4 Å². The van der Waals surface area contributed by atoms with Crippen LogP contribution in [0.3, 0.4) is 0 Å². The number of pyridine rings is 1. The third kappa shape index (κ3) is 3.95. The summed E-state index contributed by atoms with van der Waals surface area (Å²) in [5.41, 5.74) is -1.15. The lowest BCUT2D eigenvalue weighted by Crippen LogP contribution is -2.56. The van der Waals surface area contributed by atoms with E-state index < -0.39 is 40.9 Å². The number of rotatable bonds is 6. The highest BCUT2D eigenvalue weighted by Gasteiger charge is 2.56. The maximum Gasteiger partial charge on any atom is 0.275 e. The van der Waals surface area contributed by atoms with Crippen LogP contribution in [0.15, 0.2) is 53.5 Å². The summed E-state index contributed by atoms with van der Waals surface area (Å²) >= 11 is 0. The van der Waals surface area contributed by atoms with Crippen LogP contribution >= 0.6 is 0 Å². The zero-order valence-corrected chi connectivity index (χ0v) is 20.3. The fourth-order valence-corrected chi connectivity index (χ4v) is 6.05. The van der Waals surface area contributed by atoms with Gasteiger partial charge in [0.1, 0.15) is 29.6 Å². The van der Waals surface area contributed by atoms with Gasteiger partial charge in [-0.25, -0.2) is 13.2 Å². The van der Waals surface area contributed by atoms with Gasteiger partial charge in [0.05, 0.1) is 5.54 Å². The van der Waals surface area contributed by atoms with E-state index >= 15 is 0 Å². The maximum absolute atomic E-state index is 14.1. The molecule has 2 amide bonds. The van der Waals surface area contributed by atoms with Crippen molar-refractivity contribution in [1.29, 1.82) is 0 Å². The fraction of sp³-hybridized carbons (Fsp3) is 0.321. The van der Waals surface area contributed by atoms with Crippen molar-refractivity contribution in [3.05, 3.63) is 98.7 Å². The number of carbonyl (C=O) groups is 2. The average Bonchev–Trinajstić information content (AvgIpc) is 3.46. The standard InChI is InChI=1S/C28H24F3N3O4/c29-18-8-21(30)19(22(31)9-18)11-32-26(36)20-13-33-15-28-7-6-17(10-28)12-34(28)27(37)23(33)25(24(20)35)38-14-16-4-2-1-3-5-16/h1-5,8-9,13,17H,6-7,10-12,14-15H2,(H,32,36). The van der Waals surface area contributed by atoms with Gasteiger partial charge in [-0.15, -0.1) is 0 Å². The Balaban J connectivity index is 1.37. The Labute approximate surface area is 215 Å². The van der Waals surface area contributed by atoms with Crippen molar-refractivity contribution in [3.63, 3.8) is 0 Å². The molecule has 196 valence electrons. The number of aromatic nitrogens is 1. The van der Waals surface area contributed by atoms with E-state index in [4.69, 9.17) is 4.74 Å². The Kier molecular flexibility index (Phi) is 5.77. The van der Waals surface area contributed by atoms with E-state index in [2.05, 4.69) is 5.32 Å². The van der Waals surface area contributed by atoms with Gasteiger partial charge in [0.15, 0.2) is 11.4 Å². The van der Waals surface area contributed by atoms with Crippen LogP contribution in [0.4, 0.5) is 13.2 Å². The molecule has 1 saturated heterocycles. The van der Waals surface area contributed by atoms with E-state index in [9.17, 15) is 27.6 Å². The molecular weight excluding hydrogens is 499 g/mol. The van der Waals surface area contributed by atoms with Gasteiger partial charge in [-0.3, -0.25) is 14.4 Å². The Morgan fingerprint density at radius 1 is 1.11 bits per heavy atom. The second-order valence-corrected chi connectivity index (χ2v) is 10.2. The van der Waals surface area contributed by atoms with Crippen molar-refractivity contribution < 1.29 is 27.5 Å². The molecule has 10 heteroatoms. The summed E-state index contributed by atoms with van der Waals surface area (Å²) in [5.74, 6) is -4.41. The Hall–Kier alpha value is -4.08. The minimum absolute atomic E-state index is 0.00119.